The fraction of sp³-hybridized carbons (Fsp3) is 0.125. The Morgan fingerprint density at radius 2 is 2.09 bits per heavy atom. The Balaban J connectivity index is 1.62. The molecule has 3 aromatic rings. The summed E-state index contributed by atoms with van der Waals surface area (Å²) in [7, 11) is 0. The van der Waals surface area contributed by atoms with E-state index in [-0.39, 0.29) is 18.0 Å². The normalized spacial score (nSPS) is 10.8. The molecule has 112 valence electrons. The molecule has 0 aliphatic rings. The van der Waals surface area contributed by atoms with Gasteiger partial charge in [0.2, 0.25) is 5.91 Å². The lowest BCUT2D eigenvalue weighted by Crippen LogP contribution is -2.13. The highest BCUT2D eigenvalue weighted by molar-refractivity contribution is 9.10. The van der Waals surface area contributed by atoms with Gasteiger partial charge in [0.15, 0.2) is 0 Å². The van der Waals surface area contributed by atoms with Gasteiger partial charge < -0.3 is 5.32 Å². The molecule has 0 unspecified atom stereocenters. The maximum Gasteiger partial charge on any atom is 0.224 e. The molecule has 0 aliphatic heterocycles. The molecule has 0 radical (unpaired) electrons. The maximum absolute atomic E-state index is 13.7. The highest BCUT2D eigenvalue weighted by Gasteiger charge is 2.09. The first-order valence-electron chi connectivity index (χ1n) is 6.71. The number of halogens is 2. The summed E-state index contributed by atoms with van der Waals surface area (Å²) in [4.78, 5) is 16.4. The van der Waals surface area contributed by atoms with Crippen LogP contribution in [0.1, 0.15) is 11.4 Å². The Labute approximate surface area is 139 Å². The van der Waals surface area contributed by atoms with Gasteiger partial charge in [-0.25, -0.2) is 9.37 Å². The molecular formula is C16H12BrFN2OS. The number of para-hydroxylation sites is 1. The third-order valence-electron chi connectivity index (χ3n) is 3.11. The molecule has 3 rings (SSSR count). The van der Waals surface area contributed by atoms with E-state index in [1.165, 1.54) is 12.1 Å². The van der Waals surface area contributed by atoms with E-state index in [4.69, 9.17) is 0 Å². The third kappa shape index (κ3) is 3.51. The second-order valence-electron chi connectivity index (χ2n) is 4.75. The zero-order chi connectivity index (χ0) is 15.5. The zero-order valence-electron chi connectivity index (χ0n) is 11.5. The van der Waals surface area contributed by atoms with E-state index in [0.29, 0.717) is 10.9 Å². The van der Waals surface area contributed by atoms with Gasteiger partial charge in [-0.2, -0.15) is 0 Å². The average molecular weight is 379 g/mol. The molecule has 1 heterocycles. The van der Waals surface area contributed by atoms with Crippen molar-refractivity contribution < 1.29 is 9.18 Å². The molecule has 3 nitrogen and oxygen atoms in total. The predicted octanol–water partition coefficient (Wildman–Crippen LogP) is 4.77. The van der Waals surface area contributed by atoms with Crippen molar-refractivity contribution in [3.8, 4) is 0 Å². The second kappa shape index (κ2) is 6.54. The highest BCUT2D eigenvalue weighted by Crippen LogP contribution is 2.23. The predicted molar refractivity (Wildman–Crippen MR) is 90.7 cm³/mol. The molecular weight excluding hydrogens is 367 g/mol. The molecule has 0 fully saturated rings. The SMILES string of the molecule is O=C(CCc1nc2ccccc2s1)Nc1ccc(Br)cc1F. The number of fused-ring (bicyclic) bond motifs is 1. The van der Waals surface area contributed by atoms with Gasteiger partial charge in [0.25, 0.3) is 0 Å². The Bertz CT molecular complexity index is 801. The summed E-state index contributed by atoms with van der Waals surface area (Å²) in [5, 5.41) is 3.49. The summed E-state index contributed by atoms with van der Waals surface area (Å²) in [6.07, 6.45) is 0.818. The van der Waals surface area contributed by atoms with Crippen LogP contribution in [0, 0.1) is 5.82 Å². The second-order valence-corrected chi connectivity index (χ2v) is 6.78. The number of aromatic nitrogens is 1. The van der Waals surface area contributed by atoms with Crippen LogP contribution in [0.25, 0.3) is 10.2 Å². The molecule has 0 saturated carbocycles. The van der Waals surface area contributed by atoms with Crippen molar-refractivity contribution in [1.82, 2.24) is 4.98 Å². The fourth-order valence-corrected chi connectivity index (χ4v) is 3.35. The number of rotatable bonds is 4. The molecule has 1 aromatic heterocycles. The van der Waals surface area contributed by atoms with Crippen LogP contribution in [0.5, 0.6) is 0 Å². The van der Waals surface area contributed by atoms with Crippen LogP contribution in [0.15, 0.2) is 46.9 Å². The summed E-state index contributed by atoms with van der Waals surface area (Å²) in [6.45, 7) is 0. The average Bonchev–Trinajstić information content (AvgIpc) is 2.91. The Morgan fingerprint density at radius 3 is 2.86 bits per heavy atom. The topological polar surface area (TPSA) is 42.0 Å². The Kier molecular flexibility index (Phi) is 4.49. The van der Waals surface area contributed by atoms with Crippen molar-refractivity contribution >= 4 is 49.1 Å². The molecule has 1 amide bonds. The number of carbonyl (C=O) groups excluding carboxylic acids is 1. The Hall–Kier alpha value is -1.79. The molecule has 0 saturated heterocycles. The number of amides is 1. The zero-order valence-corrected chi connectivity index (χ0v) is 13.9. The summed E-state index contributed by atoms with van der Waals surface area (Å²) < 4.78 is 15.4. The summed E-state index contributed by atoms with van der Waals surface area (Å²) >= 11 is 4.76. The number of anilines is 1. The number of hydrogen-bond acceptors (Lipinski definition) is 3. The van der Waals surface area contributed by atoms with Gasteiger partial charge in [0.1, 0.15) is 5.82 Å². The van der Waals surface area contributed by atoms with E-state index in [9.17, 15) is 9.18 Å². The fourth-order valence-electron chi connectivity index (χ4n) is 2.05. The number of hydrogen-bond donors (Lipinski definition) is 1. The first kappa shape index (κ1) is 15.1. The monoisotopic (exact) mass is 378 g/mol. The van der Waals surface area contributed by atoms with Crippen molar-refractivity contribution in [3.63, 3.8) is 0 Å². The minimum Gasteiger partial charge on any atom is -0.324 e. The van der Waals surface area contributed by atoms with E-state index >= 15 is 0 Å². The van der Waals surface area contributed by atoms with Crippen LogP contribution in [0.2, 0.25) is 0 Å². The van der Waals surface area contributed by atoms with Gasteiger partial charge in [-0.15, -0.1) is 11.3 Å². The van der Waals surface area contributed by atoms with Crippen LogP contribution in [-0.2, 0) is 11.2 Å². The number of benzene rings is 2. The molecule has 0 spiro atoms. The quantitative estimate of drug-likeness (QED) is 0.710. The van der Waals surface area contributed by atoms with Crippen molar-refractivity contribution in [2.24, 2.45) is 0 Å². The smallest absolute Gasteiger partial charge is 0.224 e. The minimum absolute atomic E-state index is 0.192. The van der Waals surface area contributed by atoms with Gasteiger partial charge in [-0.3, -0.25) is 4.79 Å². The first-order valence-corrected chi connectivity index (χ1v) is 8.32. The number of nitrogens with one attached hydrogen (secondary N) is 1. The van der Waals surface area contributed by atoms with Crippen LogP contribution in [0.3, 0.4) is 0 Å². The number of thiazole rings is 1. The van der Waals surface area contributed by atoms with E-state index in [1.807, 2.05) is 24.3 Å². The maximum atomic E-state index is 13.7. The van der Waals surface area contributed by atoms with E-state index < -0.39 is 5.82 Å². The van der Waals surface area contributed by atoms with Crippen LogP contribution < -0.4 is 5.32 Å². The molecule has 2 aromatic carbocycles. The van der Waals surface area contributed by atoms with Crippen LogP contribution in [-0.4, -0.2) is 10.9 Å². The van der Waals surface area contributed by atoms with Crippen molar-refractivity contribution in [2.75, 3.05) is 5.32 Å². The van der Waals surface area contributed by atoms with Crippen LogP contribution in [0.4, 0.5) is 10.1 Å². The number of aryl methyl sites for hydroxylation is 1. The standard InChI is InChI=1S/C16H12BrFN2OS/c17-10-5-6-12(11(18)9-10)19-15(21)7-8-16-20-13-3-1-2-4-14(13)22-16/h1-6,9H,7-8H2,(H,19,21). The van der Waals surface area contributed by atoms with Crippen molar-refractivity contribution in [3.05, 3.63) is 57.8 Å². The lowest BCUT2D eigenvalue weighted by atomic mass is 10.2. The molecule has 0 atom stereocenters. The molecule has 0 bridgehead atoms. The van der Waals surface area contributed by atoms with E-state index in [0.717, 1.165) is 15.2 Å². The Morgan fingerprint density at radius 1 is 1.27 bits per heavy atom. The number of nitrogens with zero attached hydrogens (tertiary/aromatic N) is 1. The summed E-state index contributed by atoms with van der Waals surface area (Å²) in [5.74, 6) is -0.678. The molecule has 0 aliphatic carbocycles. The third-order valence-corrected chi connectivity index (χ3v) is 4.70. The van der Waals surface area contributed by atoms with Gasteiger partial charge >= 0.3 is 0 Å². The van der Waals surface area contributed by atoms with E-state index in [2.05, 4.69) is 26.2 Å². The van der Waals surface area contributed by atoms with E-state index in [1.54, 1.807) is 17.4 Å². The number of carbonyl (C=O) groups is 1. The minimum atomic E-state index is -0.456. The van der Waals surface area contributed by atoms with Crippen molar-refractivity contribution in [1.29, 1.82) is 0 Å². The van der Waals surface area contributed by atoms with Gasteiger partial charge in [-0.1, -0.05) is 28.1 Å². The van der Waals surface area contributed by atoms with Gasteiger partial charge in [0.05, 0.1) is 20.9 Å². The van der Waals surface area contributed by atoms with Gasteiger partial charge in [0, 0.05) is 17.3 Å². The molecule has 6 heteroatoms. The largest absolute Gasteiger partial charge is 0.324 e. The molecule has 22 heavy (non-hydrogen) atoms. The lowest BCUT2D eigenvalue weighted by molar-refractivity contribution is -0.116. The van der Waals surface area contributed by atoms with Crippen LogP contribution >= 0.6 is 27.3 Å². The lowest BCUT2D eigenvalue weighted by Gasteiger charge is -2.06. The summed E-state index contributed by atoms with van der Waals surface area (Å²) in [5.41, 5.74) is 1.14. The first-order chi connectivity index (χ1) is 10.6. The van der Waals surface area contributed by atoms with Gasteiger partial charge in [-0.05, 0) is 30.3 Å². The molecule has 1 N–H and O–H groups in total. The highest BCUT2D eigenvalue weighted by atomic mass is 79.9. The summed E-state index contributed by atoms with van der Waals surface area (Å²) in [6, 6.07) is 12.4. The van der Waals surface area contributed by atoms with Crippen molar-refractivity contribution in [2.45, 2.75) is 12.8 Å².